The summed E-state index contributed by atoms with van der Waals surface area (Å²) in [5.41, 5.74) is 0.727. The van der Waals surface area contributed by atoms with Crippen LogP contribution in [-0.4, -0.2) is 26.3 Å². The average Bonchev–Trinajstić information content (AvgIpc) is 3.63. The highest BCUT2D eigenvalue weighted by Gasteiger charge is 2.31. The second-order valence-electron chi connectivity index (χ2n) is 8.04. The van der Waals surface area contributed by atoms with E-state index in [1.165, 1.54) is 30.3 Å². The Kier molecular flexibility index (Phi) is 6.65. The minimum atomic E-state index is -4.19. The lowest BCUT2D eigenvalue weighted by molar-refractivity contribution is -0.130. The molecule has 0 saturated heterocycles. The zero-order valence-electron chi connectivity index (χ0n) is 18.3. The van der Waals surface area contributed by atoms with Crippen LogP contribution < -0.4 is 10.0 Å². The van der Waals surface area contributed by atoms with E-state index in [1.54, 1.807) is 37.3 Å². The number of esters is 1. The van der Waals surface area contributed by atoms with Crippen LogP contribution in [0.1, 0.15) is 40.4 Å². The van der Waals surface area contributed by atoms with Crippen LogP contribution in [0.4, 0.5) is 10.1 Å². The quantitative estimate of drug-likeness (QED) is 0.471. The number of carbonyl (C=O) groups is 2. The Morgan fingerprint density at radius 2 is 1.68 bits per heavy atom. The Morgan fingerprint density at radius 3 is 2.35 bits per heavy atom. The number of sulfonamides is 1. The van der Waals surface area contributed by atoms with E-state index in [1.807, 2.05) is 0 Å². The maximum atomic E-state index is 13.9. The summed E-state index contributed by atoms with van der Waals surface area (Å²) in [6, 6.07) is 17.9. The van der Waals surface area contributed by atoms with Gasteiger partial charge in [-0.05, 0) is 49.6 Å². The van der Waals surface area contributed by atoms with Crippen molar-refractivity contribution < 1.29 is 27.1 Å². The van der Waals surface area contributed by atoms with Gasteiger partial charge in [-0.1, -0.05) is 48.5 Å². The molecular formula is C25H23FN2O5S. The van der Waals surface area contributed by atoms with Gasteiger partial charge in [-0.2, -0.15) is 0 Å². The van der Waals surface area contributed by atoms with Crippen molar-refractivity contribution >= 4 is 27.6 Å². The van der Waals surface area contributed by atoms with Gasteiger partial charge in [-0.15, -0.1) is 0 Å². The predicted octanol–water partition coefficient (Wildman–Crippen LogP) is 4.11. The van der Waals surface area contributed by atoms with E-state index in [9.17, 15) is 22.4 Å². The second-order valence-corrected chi connectivity index (χ2v) is 9.72. The van der Waals surface area contributed by atoms with Crippen LogP contribution in [0, 0.1) is 12.7 Å². The van der Waals surface area contributed by atoms with Crippen LogP contribution in [0.2, 0.25) is 0 Å². The summed E-state index contributed by atoms with van der Waals surface area (Å²) in [6.07, 6.45) is 0.551. The monoisotopic (exact) mass is 482 g/mol. The van der Waals surface area contributed by atoms with Crippen LogP contribution in [-0.2, 0) is 19.6 Å². The molecule has 9 heteroatoms. The van der Waals surface area contributed by atoms with Crippen LogP contribution in [0.3, 0.4) is 0 Å². The fraction of sp³-hybridized carbons (Fsp3) is 0.200. The zero-order chi connectivity index (χ0) is 24.3. The Morgan fingerprint density at radius 1 is 1.00 bits per heavy atom. The fourth-order valence-electron chi connectivity index (χ4n) is 3.31. The van der Waals surface area contributed by atoms with E-state index in [4.69, 9.17) is 4.74 Å². The lowest BCUT2D eigenvalue weighted by atomic mass is 10.1. The number of nitrogens with one attached hydrogen (secondary N) is 2. The highest BCUT2D eigenvalue weighted by atomic mass is 32.2. The molecule has 1 fully saturated rings. The summed E-state index contributed by atoms with van der Waals surface area (Å²) in [5, 5.41) is 2.83. The minimum absolute atomic E-state index is 0.0171. The lowest BCUT2D eigenvalue weighted by Gasteiger charge is -2.19. The predicted molar refractivity (Wildman–Crippen MR) is 124 cm³/mol. The van der Waals surface area contributed by atoms with Crippen molar-refractivity contribution in [2.45, 2.75) is 36.8 Å². The first-order valence-electron chi connectivity index (χ1n) is 10.7. The smallest absolute Gasteiger partial charge is 0.339 e. The minimum Gasteiger partial charge on any atom is -0.444 e. The number of hydrogen-bond donors (Lipinski definition) is 2. The van der Waals surface area contributed by atoms with Crippen LogP contribution in [0.15, 0.2) is 77.7 Å². The molecule has 1 unspecified atom stereocenters. The molecule has 2 N–H and O–H groups in total. The molecule has 1 saturated carbocycles. The molecule has 0 heterocycles. The third-order valence-corrected chi connectivity index (χ3v) is 6.71. The van der Waals surface area contributed by atoms with Crippen LogP contribution >= 0.6 is 0 Å². The largest absolute Gasteiger partial charge is 0.444 e. The van der Waals surface area contributed by atoms with E-state index in [2.05, 4.69) is 10.0 Å². The van der Waals surface area contributed by atoms with Gasteiger partial charge in [-0.25, -0.2) is 17.6 Å². The van der Waals surface area contributed by atoms with Gasteiger partial charge in [0.25, 0.3) is 15.9 Å². The topological polar surface area (TPSA) is 102 Å². The van der Waals surface area contributed by atoms with E-state index in [-0.39, 0.29) is 22.2 Å². The summed E-state index contributed by atoms with van der Waals surface area (Å²) >= 11 is 0. The van der Waals surface area contributed by atoms with Crippen molar-refractivity contribution in [1.29, 1.82) is 0 Å². The fourth-order valence-corrected chi connectivity index (χ4v) is 4.40. The van der Waals surface area contributed by atoms with E-state index < -0.39 is 33.8 Å². The van der Waals surface area contributed by atoms with E-state index in [0.717, 1.165) is 25.0 Å². The number of aryl methyl sites for hydroxylation is 1. The highest BCUT2D eigenvalue weighted by Crippen LogP contribution is 2.26. The summed E-state index contributed by atoms with van der Waals surface area (Å²) in [7, 11) is -4.19. The number of amides is 1. The molecular weight excluding hydrogens is 459 g/mol. The van der Waals surface area contributed by atoms with Crippen molar-refractivity contribution in [2.75, 3.05) is 4.72 Å². The Balaban J connectivity index is 1.60. The van der Waals surface area contributed by atoms with Crippen LogP contribution in [0.25, 0.3) is 0 Å². The SMILES string of the molecule is Cc1ccc(S(=O)(=O)Nc2ccccc2F)cc1C(=O)OC(C(=O)NC1CC1)c1ccccc1. The maximum Gasteiger partial charge on any atom is 0.339 e. The van der Waals surface area contributed by atoms with Gasteiger partial charge in [0, 0.05) is 11.6 Å². The van der Waals surface area contributed by atoms with Crippen molar-refractivity contribution in [3.63, 3.8) is 0 Å². The molecule has 3 aromatic carbocycles. The lowest BCUT2D eigenvalue weighted by Crippen LogP contribution is -2.33. The van der Waals surface area contributed by atoms with Crippen molar-refractivity contribution in [2.24, 2.45) is 0 Å². The summed E-state index contributed by atoms with van der Waals surface area (Å²) in [5.74, 6) is -2.02. The first-order chi connectivity index (χ1) is 16.2. The molecule has 1 aliphatic carbocycles. The molecule has 0 aromatic heterocycles. The molecule has 1 amide bonds. The number of halogens is 1. The Labute approximate surface area is 197 Å². The number of para-hydroxylation sites is 1. The van der Waals surface area contributed by atoms with Crippen LogP contribution in [0.5, 0.6) is 0 Å². The van der Waals surface area contributed by atoms with Gasteiger partial charge >= 0.3 is 5.97 Å². The molecule has 1 atom stereocenters. The van der Waals surface area contributed by atoms with Gasteiger partial charge < -0.3 is 10.1 Å². The molecule has 7 nitrogen and oxygen atoms in total. The summed E-state index contributed by atoms with van der Waals surface area (Å²) < 4.78 is 47.4. The normalized spacial score (nSPS) is 14.2. The molecule has 0 aliphatic heterocycles. The number of anilines is 1. The summed E-state index contributed by atoms with van der Waals surface area (Å²) in [4.78, 5) is 25.6. The Bertz CT molecular complexity index is 1320. The van der Waals surface area contributed by atoms with Crippen molar-refractivity contribution in [3.8, 4) is 0 Å². The molecule has 1 aliphatic rings. The summed E-state index contributed by atoms with van der Waals surface area (Å²) in [6.45, 7) is 1.62. The second kappa shape index (κ2) is 9.64. The molecule has 4 rings (SSSR count). The maximum absolute atomic E-state index is 13.9. The highest BCUT2D eigenvalue weighted by molar-refractivity contribution is 7.92. The van der Waals surface area contributed by atoms with Gasteiger partial charge in [0.05, 0.1) is 16.1 Å². The van der Waals surface area contributed by atoms with Gasteiger partial charge in [0.15, 0.2) is 0 Å². The zero-order valence-corrected chi connectivity index (χ0v) is 19.1. The first-order valence-corrected chi connectivity index (χ1v) is 12.2. The van der Waals surface area contributed by atoms with Crippen molar-refractivity contribution in [3.05, 3.63) is 95.3 Å². The first kappa shape index (κ1) is 23.4. The van der Waals surface area contributed by atoms with E-state index >= 15 is 0 Å². The molecule has 0 spiro atoms. The molecule has 0 bridgehead atoms. The molecule has 0 radical (unpaired) electrons. The average molecular weight is 483 g/mol. The number of carbonyl (C=O) groups excluding carboxylic acids is 2. The van der Waals surface area contributed by atoms with E-state index in [0.29, 0.717) is 11.1 Å². The van der Waals surface area contributed by atoms with Gasteiger partial charge in [0.2, 0.25) is 6.10 Å². The molecule has 176 valence electrons. The number of rotatable bonds is 8. The van der Waals surface area contributed by atoms with Crippen molar-refractivity contribution in [1.82, 2.24) is 5.32 Å². The number of ether oxygens (including phenoxy) is 1. The standard InChI is InChI=1S/C25H23FN2O5S/c1-16-11-14-19(34(31,32)28-22-10-6-5-9-21(22)26)15-20(16)25(30)33-23(17-7-3-2-4-8-17)24(29)27-18-12-13-18/h2-11,14-15,18,23,28H,12-13H2,1H3,(H,27,29). The molecule has 3 aromatic rings. The Hall–Kier alpha value is -3.72. The van der Waals surface area contributed by atoms with Gasteiger partial charge in [0.1, 0.15) is 5.82 Å². The third kappa shape index (κ3) is 5.43. The molecule has 34 heavy (non-hydrogen) atoms. The third-order valence-electron chi connectivity index (χ3n) is 5.35. The number of benzene rings is 3. The number of hydrogen-bond acceptors (Lipinski definition) is 5. The van der Waals surface area contributed by atoms with Gasteiger partial charge in [-0.3, -0.25) is 9.52 Å².